The molecule has 15 atom stereocenters. The van der Waals surface area contributed by atoms with Gasteiger partial charge < -0.3 is 66.2 Å². The van der Waals surface area contributed by atoms with Crippen LogP contribution in [0.15, 0.2) is 49.3 Å². The Morgan fingerprint density at radius 1 is 0.787 bits per heavy atom. The van der Waals surface area contributed by atoms with Crippen LogP contribution in [0.4, 0.5) is 0 Å². The summed E-state index contributed by atoms with van der Waals surface area (Å²) in [4.78, 5) is 118. The lowest BCUT2D eigenvalue weighted by molar-refractivity contribution is -0.143. The number of allylic oxidation sites excluding steroid dienone is 6. The zero-order valence-corrected chi connectivity index (χ0v) is 47.2. The molecule has 80 heavy (non-hydrogen) atoms. The Bertz CT molecular complexity index is 2790. The van der Waals surface area contributed by atoms with E-state index >= 15 is 0 Å². The Hall–Kier alpha value is -5.73. The summed E-state index contributed by atoms with van der Waals surface area (Å²) in [5.41, 5.74) is -4.58. The SMILES string of the molecule is C/C1=C2N=C(/C=C3\N/C(=C(/C)C4=N[C@@](C)(C5N=C1[C@](C)(CCC(=O)NC[C@@H](C)OP(=O)(O)O[C@@H]1[C@H](O)[C@H](O)O[C@H]1CO)[C@H]5CC(=O)O)[C@@](C)(CC(=O)O)[C@@H]4CCC(=O)O)[C@@](C)(CC(=O)O)[C@@H]3CCC(=O)O)C(C)(C)[C@@H]/2CCC(=O)O. The lowest BCUT2D eigenvalue weighted by Crippen LogP contribution is -2.55. The third kappa shape index (κ3) is 12.4. The standard InChI is InChI=1S/C53H76N5O21P/c1-24(78-80(75,76)79-44-32(23-59)77-48(74)43(44)73)22-54-34(60)16-17-50(6)30(18-38(67)68)47-53(9)52(8,21-40(71)72)29(12-15-37(65)66)42(58-53)26(3)46-51(7,20-39(69)70)27(10-13-35(61)62)31(55-46)19-33-49(4,5)28(11-14-36(63)64)41(56-33)25(2)45(50)57-47/h19,24,27-30,32,43-44,47-48,55,59,73-74H,10-18,20-23H2,1-9H3,(H,54,60)(H,61,62)(H,63,64)(H,65,66)(H,67,68)(H,69,70)(H,71,72)(H,75,76)/b31-19-,41-25-,46-26-/t24-,27-,28-,29-,30+,32+,43+,44+,47?,48-,50-,51+,52+,53+/m1/s1. The Labute approximate surface area is 461 Å². The predicted molar refractivity (Wildman–Crippen MR) is 282 cm³/mol. The zero-order chi connectivity index (χ0) is 60.0. The molecule has 27 heteroatoms. The second kappa shape index (κ2) is 23.6. The van der Waals surface area contributed by atoms with Crippen molar-refractivity contribution >= 4 is 66.7 Å². The molecule has 0 spiro atoms. The van der Waals surface area contributed by atoms with Crippen LogP contribution in [-0.4, -0.2) is 165 Å². The molecule has 0 aliphatic carbocycles. The van der Waals surface area contributed by atoms with Gasteiger partial charge in [0.2, 0.25) is 5.91 Å². The summed E-state index contributed by atoms with van der Waals surface area (Å²) in [6, 6.07) is -1.26. The molecule has 6 aliphatic heterocycles. The molecular formula is C53H76N5O21P. The number of aliphatic hydroxyl groups excluding tert-OH is 3. The molecule has 444 valence electrons. The summed E-state index contributed by atoms with van der Waals surface area (Å²) in [6.45, 7) is 13.8. The number of aliphatic carboxylic acids is 6. The number of carboxylic acids is 6. The van der Waals surface area contributed by atoms with E-state index in [1.54, 1.807) is 47.6 Å². The number of phosphoric acid groups is 1. The van der Waals surface area contributed by atoms with Crippen LogP contribution in [0.3, 0.4) is 0 Å². The molecule has 0 aromatic heterocycles. The minimum Gasteiger partial charge on any atom is -0.481 e. The summed E-state index contributed by atoms with van der Waals surface area (Å²) in [5.74, 6) is -11.7. The molecule has 2 saturated heterocycles. The number of hydrogen-bond donors (Lipinski definition) is 12. The number of fused-ring (bicyclic) bond motifs is 6. The van der Waals surface area contributed by atoms with E-state index < -0.39 is 176 Å². The van der Waals surface area contributed by atoms with E-state index in [9.17, 15) is 89.0 Å². The van der Waals surface area contributed by atoms with Gasteiger partial charge in [-0.2, -0.15) is 0 Å². The number of phosphoric ester groups is 1. The third-order valence-corrected chi connectivity index (χ3v) is 19.1. The van der Waals surface area contributed by atoms with E-state index in [1.165, 1.54) is 6.92 Å². The summed E-state index contributed by atoms with van der Waals surface area (Å²) >= 11 is 0. The second-order valence-electron chi connectivity index (χ2n) is 23.6. The number of carbonyl (C=O) groups is 7. The number of hydrogen-bond acceptors (Lipinski definition) is 18. The van der Waals surface area contributed by atoms with E-state index in [-0.39, 0.29) is 56.4 Å². The van der Waals surface area contributed by atoms with Crippen LogP contribution in [-0.2, 0) is 51.9 Å². The largest absolute Gasteiger partial charge is 0.481 e. The molecule has 8 bridgehead atoms. The number of amides is 1. The summed E-state index contributed by atoms with van der Waals surface area (Å²) in [6.07, 6.45) is -9.99. The zero-order valence-electron chi connectivity index (χ0n) is 46.3. The number of aliphatic hydroxyl groups is 3. The van der Waals surface area contributed by atoms with Crippen LogP contribution in [0.2, 0.25) is 0 Å². The number of rotatable bonds is 25. The van der Waals surface area contributed by atoms with Gasteiger partial charge in [-0.15, -0.1) is 0 Å². The summed E-state index contributed by atoms with van der Waals surface area (Å²) in [5, 5.41) is 98.4. The highest BCUT2D eigenvalue weighted by molar-refractivity contribution is 7.47. The van der Waals surface area contributed by atoms with Crippen molar-refractivity contribution in [2.24, 2.45) is 60.3 Å². The molecule has 6 aliphatic rings. The molecule has 1 amide bonds. The van der Waals surface area contributed by atoms with E-state index in [4.69, 9.17) is 28.8 Å². The van der Waals surface area contributed by atoms with Crippen molar-refractivity contribution in [3.05, 3.63) is 34.3 Å². The van der Waals surface area contributed by atoms with Crippen LogP contribution in [0.25, 0.3) is 0 Å². The molecule has 26 nitrogen and oxygen atoms in total. The maximum atomic E-state index is 14.0. The van der Waals surface area contributed by atoms with Crippen molar-refractivity contribution < 1.29 is 103 Å². The number of ether oxygens (including phenoxy) is 1. The van der Waals surface area contributed by atoms with Crippen molar-refractivity contribution in [1.29, 1.82) is 0 Å². The Kier molecular flexibility index (Phi) is 18.7. The first-order chi connectivity index (χ1) is 37.0. The molecule has 6 heterocycles. The highest BCUT2D eigenvalue weighted by Gasteiger charge is 2.66. The third-order valence-electron chi connectivity index (χ3n) is 18.0. The Balaban J connectivity index is 1.57. The van der Waals surface area contributed by atoms with Gasteiger partial charge in [-0.25, -0.2) is 4.57 Å². The van der Waals surface area contributed by atoms with Gasteiger partial charge in [0, 0.05) is 112 Å². The fourth-order valence-electron chi connectivity index (χ4n) is 13.5. The van der Waals surface area contributed by atoms with Crippen molar-refractivity contribution in [3.63, 3.8) is 0 Å². The maximum Gasteiger partial charge on any atom is 0.472 e. The quantitative estimate of drug-likeness (QED) is 0.0576. The highest BCUT2D eigenvalue weighted by atomic mass is 31.2. The maximum absolute atomic E-state index is 14.0. The van der Waals surface area contributed by atoms with Gasteiger partial charge in [-0.1, -0.05) is 34.6 Å². The monoisotopic (exact) mass is 1150 g/mol. The molecule has 6 rings (SSSR count). The lowest BCUT2D eigenvalue weighted by Gasteiger charge is -2.48. The molecule has 0 saturated carbocycles. The van der Waals surface area contributed by atoms with Gasteiger partial charge in [0.05, 0.1) is 43.6 Å². The number of nitrogens with one attached hydrogen (secondary N) is 2. The summed E-state index contributed by atoms with van der Waals surface area (Å²) in [7, 11) is -5.06. The van der Waals surface area contributed by atoms with Gasteiger partial charge in [0.1, 0.15) is 18.3 Å². The first kappa shape index (κ1) is 63.5. The van der Waals surface area contributed by atoms with Gasteiger partial charge in [-0.05, 0) is 70.6 Å². The Morgan fingerprint density at radius 2 is 1.36 bits per heavy atom. The van der Waals surface area contributed by atoms with E-state index in [2.05, 4.69) is 10.6 Å². The fraction of sp³-hybridized carbons (Fsp3) is 0.698. The molecule has 0 aromatic rings. The van der Waals surface area contributed by atoms with Crippen LogP contribution >= 0.6 is 7.82 Å². The Morgan fingerprint density at radius 3 is 1.91 bits per heavy atom. The van der Waals surface area contributed by atoms with E-state index in [0.29, 0.717) is 33.9 Å². The van der Waals surface area contributed by atoms with Crippen LogP contribution < -0.4 is 10.6 Å². The van der Waals surface area contributed by atoms with Crippen LogP contribution in [0.1, 0.15) is 133 Å². The first-order valence-electron chi connectivity index (χ1n) is 26.6. The molecule has 2 unspecified atom stereocenters. The van der Waals surface area contributed by atoms with Crippen LogP contribution in [0, 0.1) is 45.3 Å². The number of carboxylic acid groups (broad SMARTS) is 6. The molecule has 2 fully saturated rings. The van der Waals surface area contributed by atoms with Gasteiger partial charge >= 0.3 is 43.6 Å². The van der Waals surface area contributed by atoms with Crippen molar-refractivity contribution in [2.75, 3.05) is 13.2 Å². The van der Waals surface area contributed by atoms with E-state index in [1.807, 2.05) is 13.8 Å². The second-order valence-corrected chi connectivity index (χ2v) is 24.9. The molecule has 0 aromatic carbocycles. The number of nitrogens with zero attached hydrogens (tertiary/aromatic N) is 3. The molecule has 12 N–H and O–H groups in total. The predicted octanol–water partition coefficient (Wildman–Crippen LogP) is 3.91. The van der Waals surface area contributed by atoms with Crippen LogP contribution in [0.5, 0.6) is 0 Å². The van der Waals surface area contributed by atoms with Crippen molar-refractivity contribution in [2.45, 2.75) is 175 Å². The van der Waals surface area contributed by atoms with Gasteiger partial charge in [-0.3, -0.25) is 57.6 Å². The minimum atomic E-state index is -5.06. The number of aliphatic imine (C=N–C) groups is 3. The highest BCUT2D eigenvalue weighted by Crippen LogP contribution is 2.62. The average molecular weight is 1150 g/mol. The minimum absolute atomic E-state index is 0.0226. The van der Waals surface area contributed by atoms with E-state index in [0.717, 1.165) is 0 Å². The molecule has 0 radical (unpaired) electrons. The normalized spacial score (nSPS) is 36.9. The topological polar surface area (TPSA) is 428 Å². The first-order valence-corrected chi connectivity index (χ1v) is 28.1. The number of carbonyl (C=O) groups excluding carboxylic acids is 1. The van der Waals surface area contributed by atoms with Crippen molar-refractivity contribution in [1.82, 2.24) is 10.6 Å². The van der Waals surface area contributed by atoms with Gasteiger partial charge in [0.15, 0.2) is 6.29 Å². The van der Waals surface area contributed by atoms with Crippen molar-refractivity contribution in [3.8, 4) is 0 Å². The molecular weight excluding hydrogens is 1070 g/mol. The average Bonchev–Trinajstić information content (AvgIpc) is 4.19. The van der Waals surface area contributed by atoms with Gasteiger partial charge in [0.25, 0.3) is 0 Å². The smallest absolute Gasteiger partial charge is 0.472 e. The fourth-order valence-corrected chi connectivity index (χ4v) is 14.7. The lowest BCUT2D eigenvalue weighted by atomic mass is 9.55. The summed E-state index contributed by atoms with van der Waals surface area (Å²) < 4.78 is 28.2.